The van der Waals surface area contributed by atoms with Crippen LogP contribution in [0.25, 0.3) is 0 Å². The van der Waals surface area contributed by atoms with Gasteiger partial charge in [0.2, 0.25) is 0 Å². The zero-order valence-electron chi connectivity index (χ0n) is 5.92. The average molecular weight is 173 g/mol. The predicted octanol–water partition coefficient (Wildman–Crippen LogP) is -6.77. The number of hydrogen-bond donors (Lipinski definition) is 0. The molecule has 7 heteroatoms. The third-order valence-corrected chi connectivity index (χ3v) is 0.655. The summed E-state index contributed by atoms with van der Waals surface area (Å²) < 4.78 is 0. The smallest absolute Gasteiger partial charge is 0.543 e. The van der Waals surface area contributed by atoms with Crippen LogP contribution in [0.1, 0.15) is 0 Å². The van der Waals surface area contributed by atoms with Crippen molar-refractivity contribution in [2.45, 2.75) is 0 Å². The molecule has 0 unspecified atom stereocenters. The molecule has 1 aliphatic heterocycles. The molecular weight excluding hydrogens is 165 g/mol. The number of nitrogens with zero attached hydrogens (tertiary/aromatic N) is 1. The van der Waals surface area contributed by atoms with E-state index >= 15 is 0 Å². The summed E-state index contributed by atoms with van der Waals surface area (Å²) in [6, 6.07) is 0. The van der Waals surface area contributed by atoms with Gasteiger partial charge in [0.05, 0.1) is 11.7 Å². The van der Waals surface area contributed by atoms with Crippen molar-refractivity contribution in [3.63, 3.8) is 0 Å². The van der Waals surface area contributed by atoms with E-state index in [1.807, 2.05) is 0 Å². The standard InChI is InChI=1S/C4H3NO2.Na.3H2O/c6-4(7)3-1-2-5-3;;;;/h1-2H,(H,6,7);;3*1H2/q;+1;;;/p-1. The van der Waals surface area contributed by atoms with E-state index in [0.717, 1.165) is 0 Å². The summed E-state index contributed by atoms with van der Waals surface area (Å²) in [6.45, 7) is 0. The second kappa shape index (κ2) is 9.76. The molecule has 6 N–H and O–H groups in total. The first kappa shape index (κ1) is 22.4. The maximum absolute atomic E-state index is 9.69. The molecule has 6 nitrogen and oxygen atoms in total. The van der Waals surface area contributed by atoms with Gasteiger partial charge in [0.25, 0.3) is 0 Å². The fourth-order valence-electron chi connectivity index (χ4n) is 0.270. The fraction of sp³-hybridized carbons (Fsp3) is 0. The Morgan fingerprint density at radius 1 is 1.36 bits per heavy atom. The third kappa shape index (κ3) is 6.17. The van der Waals surface area contributed by atoms with Crippen molar-refractivity contribution >= 4 is 11.7 Å². The minimum Gasteiger partial charge on any atom is -0.543 e. The van der Waals surface area contributed by atoms with Gasteiger partial charge in [-0.15, -0.1) is 0 Å². The van der Waals surface area contributed by atoms with Gasteiger partial charge < -0.3 is 26.3 Å². The Morgan fingerprint density at radius 3 is 1.73 bits per heavy atom. The fourth-order valence-corrected chi connectivity index (χ4v) is 0.270. The van der Waals surface area contributed by atoms with Gasteiger partial charge in [0.15, 0.2) is 0 Å². The van der Waals surface area contributed by atoms with Crippen LogP contribution in [0.2, 0.25) is 0 Å². The Balaban J connectivity index is -0.0000000612. The van der Waals surface area contributed by atoms with Gasteiger partial charge in [-0.25, -0.2) is 0 Å². The van der Waals surface area contributed by atoms with Crippen LogP contribution in [-0.4, -0.2) is 28.1 Å². The van der Waals surface area contributed by atoms with Crippen LogP contribution in [0.5, 0.6) is 0 Å². The number of rotatable bonds is 1. The summed E-state index contributed by atoms with van der Waals surface area (Å²) in [5, 5.41) is 9.69. The van der Waals surface area contributed by atoms with Gasteiger partial charge >= 0.3 is 29.6 Å². The molecule has 1 heterocycles. The van der Waals surface area contributed by atoms with E-state index in [-0.39, 0.29) is 51.7 Å². The topological polar surface area (TPSA) is 147 Å². The van der Waals surface area contributed by atoms with Crippen molar-refractivity contribution in [2.24, 2.45) is 4.99 Å². The van der Waals surface area contributed by atoms with Crippen LogP contribution in [-0.2, 0) is 4.79 Å². The third-order valence-electron chi connectivity index (χ3n) is 0.655. The van der Waals surface area contributed by atoms with Gasteiger partial charge in [0.1, 0.15) is 0 Å². The Hall–Kier alpha value is -0.240. The molecule has 0 atom stereocenters. The molecule has 1 rings (SSSR count). The molecule has 0 saturated carbocycles. The SMILES string of the molecule is O.O.O.O=C([O-])C1=NC=C1.[Na+]. The number of carboxylic acids is 1. The molecule has 0 radical (unpaired) electrons. The number of aliphatic imine (C=N–C) groups is 1. The monoisotopic (exact) mass is 173 g/mol. The van der Waals surface area contributed by atoms with E-state index in [4.69, 9.17) is 0 Å². The Morgan fingerprint density at radius 2 is 1.73 bits per heavy atom. The van der Waals surface area contributed by atoms with Crippen molar-refractivity contribution in [1.29, 1.82) is 0 Å². The van der Waals surface area contributed by atoms with Crippen molar-refractivity contribution in [1.82, 2.24) is 0 Å². The minimum absolute atomic E-state index is 0. The quantitative estimate of drug-likeness (QED) is 0.362. The van der Waals surface area contributed by atoms with Crippen molar-refractivity contribution in [3.8, 4) is 0 Å². The average Bonchev–Trinajstić information content (AvgIpc) is 1.23. The molecule has 60 valence electrons. The van der Waals surface area contributed by atoms with Crippen LogP contribution in [0.4, 0.5) is 0 Å². The molecular formula is C4H8NNaO5. The number of carbonyl (C=O) groups excluding carboxylic acids is 1. The molecule has 11 heavy (non-hydrogen) atoms. The van der Waals surface area contributed by atoms with E-state index in [1.165, 1.54) is 12.3 Å². The van der Waals surface area contributed by atoms with Crippen molar-refractivity contribution < 1.29 is 55.9 Å². The van der Waals surface area contributed by atoms with Crippen LogP contribution in [0.15, 0.2) is 17.3 Å². The molecule has 0 fully saturated rings. The zero-order valence-corrected chi connectivity index (χ0v) is 7.92. The summed E-state index contributed by atoms with van der Waals surface area (Å²) in [5.74, 6) is -1.21. The van der Waals surface area contributed by atoms with Gasteiger partial charge in [0, 0.05) is 6.20 Å². The molecule has 0 saturated heterocycles. The maximum Gasteiger partial charge on any atom is 1.00 e. The number of carbonyl (C=O) groups is 1. The second-order valence-electron chi connectivity index (χ2n) is 1.12. The minimum atomic E-state index is -1.21. The summed E-state index contributed by atoms with van der Waals surface area (Å²) in [7, 11) is 0. The van der Waals surface area contributed by atoms with Gasteiger partial charge in [-0.2, -0.15) is 0 Å². The Labute approximate surface area is 84.8 Å². The Kier molecular flexibility index (Phi) is 19.9. The van der Waals surface area contributed by atoms with E-state index in [9.17, 15) is 9.90 Å². The normalized spacial score (nSPS) is 9.64. The second-order valence-corrected chi connectivity index (χ2v) is 1.12. The summed E-state index contributed by atoms with van der Waals surface area (Å²) in [4.78, 5) is 13.0. The summed E-state index contributed by atoms with van der Waals surface area (Å²) in [6.07, 6.45) is 2.79. The maximum atomic E-state index is 9.69. The van der Waals surface area contributed by atoms with Crippen LogP contribution in [0.3, 0.4) is 0 Å². The molecule has 0 aliphatic carbocycles. The number of hydrogen-bond acceptors (Lipinski definition) is 3. The first-order valence-corrected chi connectivity index (χ1v) is 1.76. The predicted molar refractivity (Wildman–Crippen MR) is 32.4 cm³/mol. The molecule has 1 aliphatic rings. The van der Waals surface area contributed by atoms with Gasteiger partial charge in [-0.3, -0.25) is 4.99 Å². The summed E-state index contributed by atoms with van der Waals surface area (Å²) >= 11 is 0. The van der Waals surface area contributed by atoms with Gasteiger partial charge in [-0.1, -0.05) is 0 Å². The number of aliphatic carboxylic acids is 1. The molecule has 0 bridgehead atoms. The van der Waals surface area contributed by atoms with Crippen molar-refractivity contribution in [2.75, 3.05) is 0 Å². The zero-order chi connectivity index (χ0) is 5.28. The van der Waals surface area contributed by atoms with Gasteiger partial charge in [-0.05, 0) is 6.08 Å². The van der Waals surface area contributed by atoms with Crippen molar-refractivity contribution in [3.05, 3.63) is 12.3 Å². The van der Waals surface area contributed by atoms with Crippen LogP contribution in [0, 0.1) is 0 Å². The largest absolute Gasteiger partial charge is 1.00 e. The van der Waals surface area contributed by atoms with Crippen LogP contribution < -0.4 is 34.7 Å². The molecule has 0 amide bonds. The molecule has 0 aromatic carbocycles. The summed E-state index contributed by atoms with van der Waals surface area (Å²) in [5.41, 5.74) is 0.0278. The number of carboxylic acid groups (broad SMARTS) is 1. The first-order chi connectivity index (χ1) is 3.30. The molecule has 0 aromatic heterocycles. The molecule has 0 aromatic rings. The first-order valence-electron chi connectivity index (χ1n) is 1.76. The Bertz CT molecular complexity index is 166. The van der Waals surface area contributed by atoms with E-state index in [2.05, 4.69) is 4.99 Å². The molecule has 0 spiro atoms. The van der Waals surface area contributed by atoms with E-state index in [0.29, 0.717) is 0 Å². The van der Waals surface area contributed by atoms with Crippen LogP contribution >= 0.6 is 0 Å². The van der Waals surface area contributed by atoms with E-state index < -0.39 is 5.97 Å². The van der Waals surface area contributed by atoms with E-state index in [1.54, 1.807) is 0 Å².